The van der Waals surface area contributed by atoms with Crippen LogP contribution in [0.15, 0.2) is 22.8 Å². The van der Waals surface area contributed by atoms with Crippen molar-refractivity contribution in [1.82, 2.24) is 4.98 Å². The van der Waals surface area contributed by atoms with Crippen LogP contribution in [0.3, 0.4) is 0 Å². The molecule has 0 unspecified atom stereocenters. The first-order chi connectivity index (χ1) is 10.1. The van der Waals surface area contributed by atoms with E-state index < -0.39 is 29.2 Å². The van der Waals surface area contributed by atoms with Gasteiger partial charge in [-0.05, 0) is 18.6 Å². The van der Waals surface area contributed by atoms with Crippen LogP contribution in [0.25, 0.3) is 0 Å². The first kappa shape index (κ1) is 15.3. The molecule has 0 atom stereocenters. The van der Waals surface area contributed by atoms with Gasteiger partial charge in [-0.2, -0.15) is 22.5 Å². The summed E-state index contributed by atoms with van der Waals surface area (Å²) in [4.78, 5) is 2.46. The van der Waals surface area contributed by atoms with Gasteiger partial charge in [0, 0.05) is 13.2 Å². The van der Waals surface area contributed by atoms with Gasteiger partial charge in [0.25, 0.3) is 11.9 Å². The lowest BCUT2D eigenvalue weighted by Gasteiger charge is -2.09. The molecule has 0 spiro atoms. The molecule has 0 aliphatic carbocycles. The highest BCUT2D eigenvalue weighted by Gasteiger charge is 2.20. The SMILES string of the molecule is Fc1nc(F)c(F)c(NCCCOCc2ccco2)c1F. The molecular formula is C13H12F4N2O2. The van der Waals surface area contributed by atoms with Crippen molar-refractivity contribution >= 4 is 5.69 Å². The standard InChI is InChI=1S/C13H12F4N2O2/c14-9-11(10(15)13(17)19-12(9)16)18-4-2-5-20-7-8-3-1-6-21-8/h1,3,6H,2,4-5,7H2,(H,18,19). The Morgan fingerprint density at radius 1 is 1.14 bits per heavy atom. The molecular weight excluding hydrogens is 292 g/mol. The highest BCUT2D eigenvalue weighted by Crippen LogP contribution is 2.21. The average Bonchev–Trinajstić information content (AvgIpc) is 2.97. The topological polar surface area (TPSA) is 47.3 Å². The van der Waals surface area contributed by atoms with E-state index in [9.17, 15) is 17.6 Å². The van der Waals surface area contributed by atoms with Gasteiger partial charge in [0.2, 0.25) is 11.6 Å². The second-order valence-electron chi connectivity index (χ2n) is 4.11. The molecule has 2 rings (SSSR count). The zero-order valence-electron chi connectivity index (χ0n) is 10.8. The summed E-state index contributed by atoms with van der Waals surface area (Å²) in [6.45, 7) is 0.635. The van der Waals surface area contributed by atoms with E-state index in [1.807, 2.05) is 0 Å². The Kier molecular flexibility index (Phi) is 5.15. The molecule has 0 bridgehead atoms. The average molecular weight is 304 g/mol. The fraction of sp³-hybridized carbons (Fsp3) is 0.308. The van der Waals surface area contributed by atoms with E-state index in [1.54, 1.807) is 12.1 Å². The molecule has 21 heavy (non-hydrogen) atoms. The summed E-state index contributed by atoms with van der Waals surface area (Å²) >= 11 is 0. The maximum Gasteiger partial charge on any atom is 0.253 e. The van der Waals surface area contributed by atoms with Crippen LogP contribution in [-0.4, -0.2) is 18.1 Å². The van der Waals surface area contributed by atoms with E-state index in [0.29, 0.717) is 12.2 Å². The Morgan fingerprint density at radius 2 is 1.86 bits per heavy atom. The van der Waals surface area contributed by atoms with E-state index in [-0.39, 0.29) is 19.8 Å². The summed E-state index contributed by atoms with van der Waals surface area (Å²) in [5, 5.41) is 2.28. The van der Waals surface area contributed by atoms with Crippen molar-refractivity contribution in [2.24, 2.45) is 0 Å². The number of halogens is 4. The number of ether oxygens (including phenoxy) is 1. The first-order valence-electron chi connectivity index (χ1n) is 6.13. The van der Waals surface area contributed by atoms with Crippen molar-refractivity contribution < 1.29 is 26.7 Å². The van der Waals surface area contributed by atoms with Gasteiger partial charge in [-0.25, -0.2) is 0 Å². The van der Waals surface area contributed by atoms with Gasteiger partial charge >= 0.3 is 0 Å². The second-order valence-corrected chi connectivity index (χ2v) is 4.11. The molecule has 0 aliphatic rings. The lowest BCUT2D eigenvalue weighted by molar-refractivity contribution is 0.106. The molecule has 0 aromatic carbocycles. The number of nitrogens with zero attached hydrogens (tertiary/aromatic N) is 1. The fourth-order valence-electron chi connectivity index (χ4n) is 1.60. The van der Waals surface area contributed by atoms with Gasteiger partial charge in [0.15, 0.2) is 0 Å². The van der Waals surface area contributed by atoms with Gasteiger partial charge in [-0.15, -0.1) is 0 Å². The number of furan rings is 1. The number of aromatic nitrogens is 1. The van der Waals surface area contributed by atoms with Gasteiger partial charge in [-0.1, -0.05) is 0 Å². The Hall–Kier alpha value is -2.09. The molecule has 8 heteroatoms. The fourth-order valence-corrected chi connectivity index (χ4v) is 1.60. The minimum Gasteiger partial charge on any atom is -0.467 e. The second kappa shape index (κ2) is 7.07. The van der Waals surface area contributed by atoms with Crippen molar-refractivity contribution in [1.29, 1.82) is 0 Å². The summed E-state index contributed by atoms with van der Waals surface area (Å²) in [6.07, 6.45) is 1.89. The molecule has 114 valence electrons. The number of pyridine rings is 1. The summed E-state index contributed by atoms with van der Waals surface area (Å²) in [5.41, 5.74) is -0.869. The van der Waals surface area contributed by atoms with E-state index in [1.165, 1.54) is 6.26 Å². The van der Waals surface area contributed by atoms with Crippen LogP contribution < -0.4 is 5.32 Å². The molecule has 2 heterocycles. The van der Waals surface area contributed by atoms with Crippen LogP contribution in [0.2, 0.25) is 0 Å². The highest BCUT2D eigenvalue weighted by atomic mass is 19.2. The predicted molar refractivity (Wildman–Crippen MR) is 65.5 cm³/mol. The Labute approximate surface area is 117 Å². The van der Waals surface area contributed by atoms with E-state index in [0.717, 1.165) is 0 Å². The maximum atomic E-state index is 13.3. The van der Waals surface area contributed by atoms with Crippen molar-refractivity contribution in [3.63, 3.8) is 0 Å². The Morgan fingerprint density at radius 3 is 2.48 bits per heavy atom. The van der Waals surface area contributed by atoms with Gasteiger partial charge in [-0.3, -0.25) is 0 Å². The zero-order valence-corrected chi connectivity index (χ0v) is 10.8. The van der Waals surface area contributed by atoms with Gasteiger partial charge in [0.05, 0.1) is 6.26 Å². The summed E-state index contributed by atoms with van der Waals surface area (Å²) < 4.78 is 62.5. The molecule has 2 aromatic rings. The monoisotopic (exact) mass is 304 g/mol. The number of nitrogens with one attached hydrogen (secondary N) is 1. The number of rotatable bonds is 7. The van der Waals surface area contributed by atoms with Crippen molar-refractivity contribution in [2.45, 2.75) is 13.0 Å². The van der Waals surface area contributed by atoms with Crippen LogP contribution in [0.1, 0.15) is 12.2 Å². The quantitative estimate of drug-likeness (QED) is 0.484. The van der Waals surface area contributed by atoms with Crippen LogP contribution in [-0.2, 0) is 11.3 Å². The van der Waals surface area contributed by atoms with Crippen LogP contribution in [0, 0.1) is 23.5 Å². The lowest BCUT2D eigenvalue weighted by atomic mass is 10.3. The maximum absolute atomic E-state index is 13.3. The third kappa shape index (κ3) is 3.94. The normalized spacial score (nSPS) is 10.9. The molecule has 0 saturated carbocycles. The first-order valence-corrected chi connectivity index (χ1v) is 6.13. The summed E-state index contributed by atoms with van der Waals surface area (Å²) in [6, 6.07) is 3.46. The van der Waals surface area contributed by atoms with Gasteiger partial charge in [0.1, 0.15) is 18.1 Å². The van der Waals surface area contributed by atoms with Crippen LogP contribution >= 0.6 is 0 Å². The molecule has 0 amide bonds. The van der Waals surface area contributed by atoms with E-state index >= 15 is 0 Å². The highest BCUT2D eigenvalue weighted by molar-refractivity contribution is 5.45. The summed E-state index contributed by atoms with van der Waals surface area (Å²) in [7, 11) is 0. The van der Waals surface area contributed by atoms with Crippen LogP contribution in [0.4, 0.5) is 23.2 Å². The molecule has 0 aliphatic heterocycles. The molecule has 4 nitrogen and oxygen atoms in total. The summed E-state index contributed by atoms with van der Waals surface area (Å²) in [5.74, 6) is -5.83. The smallest absolute Gasteiger partial charge is 0.253 e. The Balaban J connectivity index is 1.76. The largest absolute Gasteiger partial charge is 0.467 e. The predicted octanol–water partition coefficient (Wildman–Crippen LogP) is 3.25. The van der Waals surface area contributed by atoms with E-state index in [4.69, 9.17) is 9.15 Å². The van der Waals surface area contributed by atoms with Gasteiger partial charge < -0.3 is 14.5 Å². The zero-order chi connectivity index (χ0) is 15.2. The molecule has 0 fully saturated rings. The lowest BCUT2D eigenvalue weighted by Crippen LogP contribution is -2.12. The Bertz CT molecular complexity index is 564. The van der Waals surface area contributed by atoms with E-state index in [2.05, 4.69) is 10.3 Å². The minimum absolute atomic E-state index is 0.0783. The number of anilines is 1. The minimum atomic E-state index is -1.69. The number of hydrogen-bond donors (Lipinski definition) is 1. The van der Waals surface area contributed by atoms with Crippen molar-refractivity contribution in [3.05, 3.63) is 47.7 Å². The molecule has 0 saturated heterocycles. The van der Waals surface area contributed by atoms with Crippen molar-refractivity contribution in [2.75, 3.05) is 18.5 Å². The molecule has 1 N–H and O–H groups in total. The number of hydrogen-bond acceptors (Lipinski definition) is 4. The third-order valence-corrected chi connectivity index (χ3v) is 2.59. The third-order valence-electron chi connectivity index (χ3n) is 2.59. The molecule has 2 aromatic heterocycles. The van der Waals surface area contributed by atoms with Crippen LogP contribution in [0.5, 0.6) is 0 Å². The molecule has 0 radical (unpaired) electrons. The van der Waals surface area contributed by atoms with Crippen molar-refractivity contribution in [3.8, 4) is 0 Å².